The van der Waals surface area contributed by atoms with Gasteiger partial charge in [0, 0.05) is 12.6 Å². The number of rotatable bonds is 4. The molecule has 1 aromatic carbocycles. The van der Waals surface area contributed by atoms with Gasteiger partial charge in [-0.25, -0.2) is 8.78 Å². The third-order valence-corrected chi connectivity index (χ3v) is 2.08. The van der Waals surface area contributed by atoms with Crippen LogP contribution in [0.2, 0.25) is 0 Å². The van der Waals surface area contributed by atoms with E-state index in [2.05, 4.69) is 11.2 Å². The quantitative estimate of drug-likeness (QED) is 0.751. The van der Waals surface area contributed by atoms with E-state index < -0.39 is 11.6 Å². The maximum Gasteiger partial charge on any atom is 0.126 e. The Bertz CT molecular complexity index is 348. The fourth-order valence-corrected chi connectivity index (χ4v) is 1.28. The van der Waals surface area contributed by atoms with Gasteiger partial charge >= 0.3 is 0 Å². The Morgan fingerprint density at radius 2 is 1.93 bits per heavy atom. The van der Waals surface area contributed by atoms with Gasteiger partial charge in [-0.05, 0) is 24.1 Å². The van der Waals surface area contributed by atoms with Crippen LogP contribution in [-0.2, 0) is 6.54 Å². The van der Waals surface area contributed by atoms with Crippen LogP contribution in [-0.4, -0.2) is 6.04 Å². The average Bonchev–Trinajstić information content (AvgIpc) is 2.18. The van der Waals surface area contributed by atoms with Crippen molar-refractivity contribution < 1.29 is 8.78 Å². The number of hydrogen-bond acceptors (Lipinski definition) is 1. The first kappa shape index (κ1) is 11.7. The highest BCUT2D eigenvalue weighted by molar-refractivity contribution is 5.18. The van der Waals surface area contributed by atoms with E-state index in [1.54, 1.807) is 0 Å². The molecule has 0 amide bonds. The van der Waals surface area contributed by atoms with Crippen molar-refractivity contribution in [3.8, 4) is 12.3 Å². The van der Waals surface area contributed by atoms with Crippen LogP contribution in [0.5, 0.6) is 0 Å². The minimum absolute atomic E-state index is 0.0590. The Hall–Kier alpha value is -1.40. The summed E-state index contributed by atoms with van der Waals surface area (Å²) < 4.78 is 25.6. The molecule has 1 unspecified atom stereocenters. The van der Waals surface area contributed by atoms with Crippen molar-refractivity contribution in [3.63, 3.8) is 0 Å². The molecular formula is C12H13F2N. The first-order valence-electron chi connectivity index (χ1n) is 4.80. The topological polar surface area (TPSA) is 12.0 Å². The molecule has 0 bridgehead atoms. The highest BCUT2D eigenvalue weighted by atomic mass is 19.1. The Morgan fingerprint density at radius 1 is 1.33 bits per heavy atom. The van der Waals surface area contributed by atoms with Gasteiger partial charge in [-0.15, -0.1) is 6.42 Å². The summed E-state index contributed by atoms with van der Waals surface area (Å²) in [5.41, 5.74) is 0.557. The lowest BCUT2D eigenvalue weighted by atomic mass is 10.2. The molecule has 0 saturated heterocycles. The van der Waals surface area contributed by atoms with Crippen LogP contribution >= 0.6 is 0 Å². The van der Waals surface area contributed by atoms with E-state index in [1.165, 1.54) is 12.1 Å². The summed E-state index contributed by atoms with van der Waals surface area (Å²) >= 11 is 0. The van der Waals surface area contributed by atoms with Crippen molar-refractivity contribution in [2.45, 2.75) is 25.9 Å². The van der Waals surface area contributed by atoms with Crippen molar-refractivity contribution in [1.82, 2.24) is 5.32 Å². The number of hydrogen-bond donors (Lipinski definition) is 1. The Labute approximate surface area is 88.5 Å². The molecule has 1 rings (SSSR count). The molecule has 15 heavy (non-hydrogen) atoms. The minimum atomic E-state index is -0.569. The summed E-state index contributed by atoms with van der Waals surface area (Å²) in [4.78, 5) is 0. The zero-order chi connectivity index (χ0) is 11.3. The van der Waals surface area contributed by atoms with E-state index in [4.69, 9.17) is 6.42 Å². The van der Waals surface area contributed by atoms with Gasteiger partial charge in [0.1, 0.15) is 11.6 Å². The fraction of sp³-hybridized carbons (Fsp3) is 0.333. The second-order valence-electron chi connectivity index (χ2n) is 3.29. The number of benzene rings is 1. The molecule has 0 spiro atoms. The molecule has 1 atom stereocenters. The predicted molar refractivity (Wildman–Crippen MR) is 56.1 cm³/mol. The van der Waals surface area contributed by atoms with Crippen molar-refractivity contribution in [2.75, 3.05) is 0 Å². The smallest absolute Gasteiger partial charge is 0.126 e. The maximum atomic E-state index is 12.8. The van der Waals surface area contributed by atoms with Gasteiger partial charge in [-0.3, -0.25) is 5.32 Å². The third-order valence-electron chi connectivity index (χ3n) is 2.08. The fourth-order valence-electron chi connectivity index (χ4n) is 1.28. The molecule has 0 aliphatic carbocycles. The second-order valence-corrected chi connectivity index (χ2v) is 3.29. The standard InChI is InChI=1S/C12H13F2N/c1-3-12(4-2)15-8-9-5-10(13)7-11(14)6-9/h1,5-7,12,15H,4,8H2,2H3. The van der Waals surface area contributed by atoms with Crippen molar-refractivity contribution in [1.29, 1.82) is 0 Å². The largest absolute Gasteiger partial charge is 0.300 e. The lowest BCUT2D eigenvalue weighted by molar-refractivity contribution is 0.563. The van der Waals surface area contributed by atoms with E-state index in [0.29, 0.717) is 12.1 Å². The molecule has 0 aromatic heterocycles. The molecular weight excluding hydrogens is 196 g/mol. The molecule has 80 valence electrons. The van der Waals surface area contributed by atoms with Gasteiger partial charge in [0.05, 0.1) is 6.04 Å². The third kappa shape index (κ3) is 3.69. The highest BCUT2D eigenvalue weighted by Gasteiger charge is 2.03. The number of nitrogens with one attached hydrogen (secondary N) is 1. The molecule has 0 heterocycles. The SMILES string of the molecule is C#CC(CC)NCc1cc(F)cc(F)c1. The molecule has 0 aliphatic rings. The van der Waals surface area contributed by atoms with Gasteiger partial charge in [-0.2, -0.15) is 0 Å². The molecule has 0 aliphatic heterocycles. The lowest BCUT2D eigenvalue weighted by Gasteiger charge is -2.10. The summed E-state index contributed by atoms with van der Waals surface area (Å²) in [7, 11) is 0. The lowest BCUT2D eigenvalue weighted by Crippen LogP contribution is -2.26. The summed E-state index contributed by atoms with van der Waals surface area (Å²) in [5, 5.41) is 3.02. The van der Waals surface area contributed by atoms with Crippen LogP contribution in [0, 0.1) is 24.0 Å². The highest BCUT2D eigenvalue weighted by Crippen LogP contribution is 2.08. The van der Waals surface area contributed by atoms with Gasteiger partial charge < -0.3 is 0 Å². The zero-order valence-corrected chi connectivity index (χ0v) is 8.56. The summed E-state index contributed by atoms with van der Waals surface area (Å²) in [6.07, 6.45) is 6.03. The second kappa shape index (κ2) is 5.47. The van der Waals surface area contributed by atoms with Crippen molar-refractivity contribution in [2.24, 2.45) is 0 Å². The normalized spacial score (nSPS) is 12.1. The Morgan fingerprint density at radius 3 is 2.40 bits per heavy atom. The van der Waals surface area contributed by atoms with Crippen LogP contribution in [0.15, 0.2) is 18.2 Å². The maximum absolute atomic E-state index is 12.8. The summed E-state index contributed by atoms with van der Waals surface area (Å²) in [6.45, 7) is 2.32. The first-order chi connectivity index (χ1) is 7.15. The van der Waals surface area contributed by atoms with Crippen LogP contribution in [0.25, 0.3) is 0 Å². The summed E-state index contributed by atoms with van der Waals surface area (Å²) in [6, 6.07) is 3.37. The van der Waals surface area contributed by atoms with Gasteiger partial charge in [0.2, 0.25) is 0 Å². The van der Waals surface area contributed by atoms with Crippen LogP contribution in [0.1, 0.15) is 18.9 Å². The predicted octanol–water partition coefficient (Wildman–Crippen LogP) is 2.47. The molecule has 1 nitrogen and oxygen atoms in total. The first-order valence-corrected chi connectivity index (χ1v) is 4.80. The van der Waals surface area contributed by atoms with Gasteiger partial charge in [0.25, 0.3) is 0 Å². The monoisotopic (exact) mass is 209 g/mol. The average molecular weight is 209 g/mol. The van der Waals surface area contributed by atoms with Gasteiger partial charge in [-0.1, -0.05) is 12.8 Å². The van der Waals surface area contributed by atoms with Crippen LogP contribution < -0.4 is 5.32 Å². The van der Waals surface area contributed by atoms with E-state index in [0.717, 1.165) is 12.5 Å². The Balaban J connectivity index is 2.62. The van der Waals surface area contributed by atoms with E-state index in [1.807, 2.05) is 6.92 Å². The molecule has 0 fully saturated rings. The Kier molecular flexibility index (Phi) is 4.26. The minimum Gasteiger partial charge on any atom is -0.300 e. The number of halogens is 2. The molecule has 0 radical (unpaired) electrons. The number of terminal acetylenes is 1. The van der Waals surface area contributed by atoms with E-state index >= 15 is 0 Å². The van der Waals surface area contributed by atoms with Crippen LogP contribution in [0.4, 0.5) is 8.78 Å². The van der Waals surface area contributed by atoms with Crippen molar-refractivity contribution in [3.05, 3.63) is 35.4 Å². The summed E-state index contributed by atoms with van der Waals surface area (Å²) in [5.74, 6) is 1.41. The molecule has 0 saturated carbocycles. The van der Waals surface area contributed by atoms with Gasteiger partial charge in [0.15, 0.2) is 0 Å². The van der Waals surface area contributed by atoms with Crippen molar-refractivity contribution >= 4 is 0 Å². The molecule has 1 N–H and O–H groups in total. The van der Waals surface area contributed by atoms with E-state index in [9.17, 15) is 8.78 Å². The zero-order valence-electron chi connectivity index (χ0n) is 8.56. The van der Waals surface area contributed by atoms with E-state index in [-0.39, 0.29) is 6.04 Å². The molecule has 3 heteroatoms. The van der Waals surface area contributed by atoms with Crippen LogP contribution in [0.3, 0.4) is 0 Å². The molecule has 1 aromatic rings.